The van der Waals surface area contributed by atoms with E-state index in [1.807, 2.05) is 0 Å². The zero-order valence-electron chi connectivity index (χ0n) is 15.0. The number of carbonyl (C=O) groups excluding carboxylic acids is 1. The minimum absolute atomic E-state index is 0.0290. The van der Waals surface area contributed by atoms with Crippen molar-refractivity contribution >= 4 is 16.0 Å². The van der Waals surface area contributed by atoms with Gasteiger partial charge in [0.25, 0.3) is 0 Å². The van der Waals surface area contributed by atoms with E-state index in [4.69, 9.17) is 4.74 Å². The normalized spacial score (nSPS) is 12.2. The Morgan fingerprint density at radius 3 is 2.56 bits per heavy atom. The summed E-state index contributed by atoms with van der Waals surface area (Å²) < 4.78 is 34.3. The third kappa shape index (κ3) is 5.14. The fraction of sp³-hybridized carbons (Fsp3) is 0.412. The van der Waals surface area contributed by atoms with Crippen LogP contribution in [-0.2, 0) is 28.4 Å². The SMILES string of the molecule is Cc1ccc(S(=O)(=O)NC(C)(C)C)cc1C(=O)OCc1cnn(C)c1. The predicted octanol–water partition coefficient (Wildman–Crippen LogP) is 2.16. The molecule has 0 saturated carbocycles. The summed E-state index contributed by atoms with van der Waals surface area (Å²) in [5.74, 6) is -0.575. The highest BCUT2D eigenvalue weighted by Gasteiger charge is 2.24. The Balaban J connectivity index is 2.22. The van der Waals surface area contributed by atoms with Crippen molar-refractivity contribution in [3.05, 3.63) is 47.3 Å². The summed E-state index contributed by atoms with van der Waals surface area (Å²) in [5.41, 5.74) is 1.00. The Bertz CT molecular complexity index is 880. The molecule has 0 aliphatic heterocycles. The lowest BCUT2D eigenvalue weighted by Gasteiger charge is -2.20. The van der Waals surface area contributed by atoms with Crippen molar-refractivity contribution in [2.45, 2.75) is 44.7 Å². The quantitative estimate of drug-likeness (QED) is 0.820. The smallest absolute Gasteiger partial charge is 0.338 e. The number of rotatable bonds is 5. The molecule has 0 aliphatic carbocycles. The standard InChI is InChI=1S/C17H23N3O4S/c1-12-6-7-14(25(22,23)19-17(2,3)4)8-15(12)16(21)24-11-13-9-18-20(5)10-13/h6-10,19H,11H2,1-5H3. The van der Waals surface area contributed by atoms with Crippen molar-refractivity contribution in [2.24, 2.45) is 7.05 Å². The lowest BCUT2D eigenvalue weighted by atomic mass is 10.1. The van der Waals surface area contributed by atoms with E-state index in [0.29, 0.717) is 5.56 Å². The number of sulfonamides is 1. The van der Waals surface area contributed by atoms with Crippen LogP contribution < -0.4 is 4.72 Å². The van der Waals surface area contributed by atoms with Gasteiger partial charge in [-0.2, -0.15) is 5.10 Å². The first-order chi connectivity index (χ1) is 11.5. The number of nitrogens with one attached hydrogen (secondary N) is 1. The topological polar surface area (TPSA) is 90.3 Å². The summed E-state index contributed by atoms with van der Waals surface area (Å²) in [5, 5.41) is 4.00. The highest BCUT2D eigenvalue weighted by atomic mass is 32.2. The summed E-state index contributed by atoms with van der Waals surface area (Å²) in [6, 6.07) is 4.41. The van der Waals surface area contributed by atoms with Crippen molar-refractivity contribution in [1.29, 1.82) is 0 Å². The fourth-order valence-corrected chi connectivity index (χ4v) is 3.67. The molecule has 1 heterocycles. The molecule has 8 heteroatoms. The van der Waals surface area contributed by atoms with Gasteiger partial charge in [-0.25, -0.2) is 17.9 Å². The van der Waals surface area contributed by atoms with Gasteiger partial charge >= 0.3 is 5.97 Å². The highest BCUT2D eigenvalue weighted by Crippen LogP contribution is 2.19. The third-order valence-corrected chi connectivity index (χ3v) is 5.06. The number of hydrogen-bond donors (Lipinski definition) is 1. The molecule has 1 N–H and O–H groups in total. The molecule has 2 aromatic rings. The maximum absolute atomic E-state index is 12.4. The lowest BCUT2D eigenvalue weighted by Crippen LogP contribution is -2.40. The van der Waals surface area contributed by atoms with Gasteiger partial charge in [0, 0.05) is 24.3 Å². The maximum Gasteiger partial charge on any atom is 0.338 e. The molecule has 0 aliphatic rings. The second-order valence-electron chi connectivity index (χ2n) is 6.93. The number of benzene rings is 1. The van der Waals surface area contributed by atoms with Gasteiger partial charge in [-0.3, -0.25) is 4.68 Å². The minimum Gasteiger partial charge on any atom is -0.457 e. The Morgan fingerprint density at radius 1 is 1.32 bits per heavy atom. The molecule has 0 fully saturated rings. The van der Waals surface area contributed by atoms with Crippen LogP contribution in [-0.4, -0.2) is 29.7 Å². The van der Waals surface area contributed by atoms with Crippen molar-refractivity contribution in [1.82, 2.24) is 14.5 Å². The third-order valence-electron chi connectivity index (χ3n) is 3.31. The van der Waals surface area contributed by atoms with Gasteiger partial charge in [-0.05, 0) is 45.4 Å². The Morgan fingerprint density at radius 2 is 2.00 bits per heavy atom. The van der Waals surface area contributed by atoms with E-state index in [1.54, 1.807) is 57.9 Å². The summed E-state index contributed by atoms with van der Waals surface area (Å²) in [7, 11) is -1.96. The second-order valence-corrected chi connectivity index (χ2v) is 8.61. The highest BCUT2D eigenvalue weighted by molar-refractivity contribution is 7.89. The minimum atomic E-state index is -3.73. The average Bonchev–Trinajstić information content (AvgIpc) is 2.88. The first-order valence-corrected chi connectivity index (χ1v) is 9.25. The van der Waals surface area contributed by atoms with E-state index in [1.165, 1.54) is 12.1 Å². The summed E-state index contributed by atoms with van der Waals surface area (Å²) >= 11 is 0. The van der Waals surface area contributed by atoms with Crippen molar-refractivity contribution in [3.63, 3.8) is 0 Å². The molecular weight excluding hydrogens is 342 g/mol. The van der Waals surface area contributed by atoms with Crippen LogP contribution in [0.1, 0.15) is 42.3 Å². The van der Waals surface area contributed by atoms with Crippen molar-refractivity contribution in [3.8, 4) is 0 Å². The number of nitrogens with zero attached hydrogens (tertiary/aromatic N) is 2. The lowest BCUT2D eigenvalue weighted by molar-refractivity contribution is 0.0471. The Kier molecular flexibility index (Phi) is 5.34. The number of ether oxygens (including phenoxy) is 1. The summed E-state index contributed by atoms with van der Waals surface area (Å²) in [6.45, 7) is 7.06. The molecular formula is C17H23N3O4S. The number of hydrogen-bond acceptors (Lipinski definition) is 5. The molecule has 7 nitrogen and oxygen atoms in total. The molecule has 2 rings (SSSR count). The van der Waals surface area contributed by atoms with Crippen LogP contribution in [0, 0.1) is 6.92 Å². The molecule has 25 heavy (non-hydrogen) atoms. The number of esters is 1. The molecule has 0 radical (unpaired) electrons. The van der Waals surface area contributed by atoms with E-state index in [-0.39, 0.29) is 17.1 Å². The Hall–Kier alpha value is -2.19. The first kappa shape index (κ1) is 19.1. The molecule has 0 saturated heterocycles. The molecule has 1 aromatic heterocycles. The molecule has 0 bridgehead atoms. The fourth-order valence-electron chi connectivity index (χ4n) is 2.22. The van der Waals surface area contributed by atoms with Crippen LogP contribution >= 0.6 is 0 Å². The predicted molar refractivity (Wildman–Crippen MR) is 93.6 cm³/mol. The van der Waals surface area contributed by atoms with Crippen LogP contribution in [0.4, 0.5) is 0 Å². The van der Waals surface area contributed by atoms with Crippen LogP contribution in [0.2, 0.25) is 0 Å². The van der Waals surface area contributed by atoms with Crippen LogP contribution in [0.25, 0.3) is 0 Å². The molecule has 0 atom stereocenters. The van der Waals surface area contributed by atoms with Crippen molar-refractivity contribution in [2.75, 3.05) is 0 Å². The van der Waals surface area contributed by atoms with Gasteiger partial charge < -0.3 is 4.74 Å². The number of aromatic nitrogens is 2. The van der Waals surface area contributed by atoms with Crippen LogP contribution in [0.15, 0.2) is 35.5 Å². The Labute approximate surface area is 148 Å². The average molecular weight is 365 g/mol. The molecule has 1 aromatic carbocycles. The van der Waals surface area contributed by atoms with Gasteiger partial charge in [-0.15, -0.1) is 0 Å². The van der Waals surface area contributed by atoms with E-state index in [9.17, 15) is 13.2 Å². The zero-order valence-corrected chi connectivity index (χ0v) is 15.8. The summed E-state index contributed by atoms with van der Waals surface area (Å²) in [6.07, 6.45) is 3.35. The zero-order chi connectivity index (χ0) is 18.8. The molecule has 136 valence electrons. The van der Waals surface area contributed by atoms with Crippen LogP contribution in [0.5, 0.6) is 0 Å². The number of carbonyl (C=O) groups is 1. The number of aryl methyl sites for hydroxylation is 2. The van der Waals surface area contributed by atoms with Gasteiger partial charge in [0.05, 0.1) is 16.7 Å². The first-order valence-electron chi connectivity index (χ1n) is 7.77. The molecule has 0 unspecified atom stereocenters. The van der Waals surface area contributed by atoms with Gasteiger partial charge in [0.2, 0.25) is 10.0 Å². The van der Waals surface area contributed by atoms with Crippen molar-refractivity contribution < 1.29 is 17.9 Å². The van der Waals surface area contributed by atoms with Crippen LogP contribution in [0.3, 0.4) is 0 Å². The van der Waals surface area contributed by atoms with E-state index in [0.717, 1.165) is 5.56 Å². The molecule has 0 spiro atoms. The van der Waals surface area contributed by atoms with Gasteiger partial charge in [-0.1, -0.05) is 6.07 Å². The second kappa shape index (κ2) is 6.97. The summed E-state index contributed by atoms with van der Waals surface area (Å²) in [4.78, 5) is 12.4. The van der Waals surface area contributed by atoms with Gasteiger partial charge in [0.1, 0.15) is 6.61 Å². The largest absolute Gasteiger partial charge is 0.457 e. The van der Waals surface area contributed by atoms with E-state index < -0.39 is 21.5 Å². The van der Waals surface area contributed by atoms with E-state index >= 15 is 0 Å². The maximum atomic E-state index is 12.4. The van der Waals surface area contributed by atoms with E-state index in [2.05, 4.69) is 9.82 Å². The molecule has 0 amide bonds. The van der Waals surface area contributed by atoms with Gasteiger partial charge in [0.15, 0.2) is 0 Å². The monoisotopic (exact) mass is 365 g/mol.